The van der Waals surface area contributed by atoms with E-state index in [0.29, 0.717) is 23.3 Å². The van der Waals surface area contributed by atoms with E-state index in [0.717, 1.165) is 40.5 Å². The third-order valence-electron chi connectivity index (χ3n) is 9.47. The summed E-state index contributed by atoms with van der Waals surface area (Å²) in [5.74, 6) is 4.42. The fourth-order valence-corrected chi connectivity index (χ4v) is 8.11. The van der Waals surface area contributed by atoms with Gasteiger partial charge < -0.3 is 10.2 Å². The zero-order valence-electron chi connectivity index (χ0n) is 22.5. The van der Waals surface area contributed by atoms with Gasteiger partial charge >= 0.3 is 0 Å². The fraction of sp³-hybridized carbons (Fsp3) is 0.625. The van der Waals surface area contributed by atoms with Crippen molar-refractivity contribution in [3.05, 3.63) is 57.6 Å². The number of rotatable bonds is 2. The maximum absolute atomic E-state index is 11.7. The highest BCUT2D eigenvalue weighted by atomic mass is 16.3. The Balaban J connectivity index is 1.71. The maximum Gasteiger partial charge on any atom is 0.122 e. The molecule has 0 saturated heterocycles. The van der Waals surface area contributed by atoms with E-state index in [9.17, 15) is 10.2 Å². The molecular weight excluding hydrogens is 416 g/mol. The van der Waals surface area contributed by atoms with Gasteiger partial charge in [0.05, 0.1) is 0 Å². The summed E-state index contributed by atoms with van der Waals surface area (Å²) in [6, 6.07) is 8.83. The lowest BCUT2D eigenvalue weighted by atomic mass is 9.71. The van der Waals surface area contributed by atoms with Crippen LogP contribution in [0.3, 0.4) is 0 Å². The van der Waals surface area contributed by atoms with Crippen molar-refractivity contribution >= 4 is 0 Å². The summed E-state index contributed by atoms with van der Waals surface area (Å²) in [5, 5.41) is 23.3. The van der Waals surface area contributed by atoms with E-state index in [1.54, 1.807) is 0 Å². The van der Waals surface area contributed by atoms with Gasteiger partial charge in [-0.05, 0) is 108 Å². The van der Waals surface area contributed by atoms with Crippen LogP contribution >= 0.6 is 0 Å². The predicted octanol–water partition coefficient (Wildman–Crippen LogP) is 8.24. The van der Waals surface area contributed by atoms with Crippen LogP contribution in [0, 0.1) is 37.5 Å². The van der Waals surface area contributed by atoms with Crippen LogP contribution in [0.2, 0.25) is 0 Å². The quantitative estimate of drug-likeness (QED) is 0.474. The highest BCUT2D eigenvalue weighted by molar-refractivity contribution is 5.54. The minimum absolute atomic E-state index is 0.112. The molecule has 2 N–H and O–H groups in total. The van der Waals surface area contributed by atoms with Crippen LogP contribution < -0.4 is 0 Å². The van der Waals surface area contributed by atoms with Gasteiger partial charge in [-0.15, -0.1) is 0 Å². The zero-order chi connectivity index (χ0) is 24.7. The van der Waals surface area contributed by atoms with Gasteiger partial charge in [0.15, 0.2) is 0 Å². The molecule has 5 rings (SSSR count). The van der Waals surface area contributed by atoms with Crippen LogP contribution in [0.4, 0.5) is 0 Å². The number of phenolic OH excluding ortho intramolecular Hbond substituents is 2. The molecule has 6 atom stereocenters. The molecule has 3 saturated carbocycles. The van der Waals surface area contributed by atoms with Crippen molar-refractivity contribution in [3.8, 4) is 11.5 Å². The van der Waals surface area contributed by atoms with Crippen molar-refractivity contribution in [1.29, 1.82) is 0 Å². The number of aryl methyl sites for hydroxylation is 2. The second-order valence-electron chi connectivity index (χ2n) is 13.9. The molecule has 2 aromatic rings. The lowest BCUT2D eigenvalue weighted by Crippen LogP contribution is -2.23. The second-order valence-corrected chi connectivity index (χ2v) is 13.9. The van der Waals surface area contributed by atoms with Crippen molar-refractivity contribution in [2.24, 2.45) is 23.7 Å². The molecule has 3 aliphatic rings. The van der Waals surface area contributed by atoms with Crippen LogP contribution in [0.5, 0.6) is 11.5 Å². The maximum atomic E-state index is 11.7. The minimum atomic E-state index is -0.113. The molecule has 34 heavy (non-hydrogen) atoms. The molecule has 0 radical (unpaired) electrons. The number of hydrogen-bond donors (Lipinski definition) is 2. The molecule has 184 valence electrons. The molecule has 0 spiro atoms. The highest BCUT2D eigenvalue weighted by Crippen LogP contribution is 2.68. The van der Waals surface area contributed by atoms with Gasteiger partial charge in [-0.1, -0.05) is 76.9 Å². The molecule has 3 fully saturated rings. The van der Waals surface area contributed by atoms with E-state index in [-0.39, 0.29) is 22.7 Å². The first kappa shape index (κ1) is 23.8. The second kappa shape index (κ2) is 7.77. The van der Waals surface area contributed by atoms with Crippen molar-refractivity contribution < 1.29 is 10.2 Å². The Morgan fingerprint density at radius 3 is 1.74 bits per heavy atom. The molecular formula is C32H44O2. The van der Waals surface area contributed by atoms with Gasteiger partial charge in [-0.2, -0.15) is 0 Å². The monoisotopic (exact) mass is 460 g/mol. The van der Waals surface area contributed by atoms with E-state index < -0.39 is 0 Å². The fourth-order valence-electron chi connectivity index (χ4n) is 8.11. The smallest absolute Gasteiger partial charge is 0.122 e. The summed E-state index contributed by atoms with van der Waals surface area (Å²) in [4.78, 5) is 0. The van der Waals surface area contributed by atoms with Crippen LogP contribution in [0.1, 0.15) is 112 Å². The van der Waals surface area contributed by atoms with Gasteiger partial charge in [0, 0.05) is 0 Å². The minimum Gasteiger partial charge on any atom is -0.507 e. The Labute approximate surface area is 206 Å². The van der Waals surface area contributed by atoms with Crippen molar-refractivity contribution in [2.45, 2.75) is 104 Å². The highest BCUT2D eigenvalue weighted by Gasteiger charge is 2.58. The number of phenols is 2. The molecule has 3 aliphatic carbocycles. The van der Waals surface area contributed by atoms with Crippen molar-refractivity contribution in [2.75, 3.05) is 0 Å². The van der Waals surface area contributed by atoms with E-state index in [1.807, 2.05) is 0 Å². The molecule has 2 aromatic carbocycles. The molecule has 2 heteroatoms. The van der Waals surface area contributed by atoms with Crippen LogP contribution in [0.25, 0.3) is 0 Å². The van der Waals surface area contributed by atoms with Gasteiger partial charge in [0.1, 0.15) is 11.5 Å². The number of aromatic hydroxyl groups is 2. The summed E-state index contributed by atoms with van der Waals surface area (Å²) >= 11 is 0. The first-order valence-corrected chi connectivity index (χ1v) is 13.5. The third kappa shape index (κ3) is 3.67. The van der Waals surface area contributed by atoms with E-state index in [4.69, 9.17) is 0 Å². The molecule has 2 nitrogen and oxygen atoms in total. The summed E-state index contributed by atoms with van der Waals surface area (Å²) in [7, 11) is 0. The van der Waals surface area contributed by atoms with Crippen LogP contribution in [-0.2, 0) is 10.8 Å². The molecule has 0 aromatic heterocycles. The van der Waals surface area contributed by atoms with Crippen LogP contribution in [0.15, 0.2) is 24.3 Å². The Bertz CT molecular complexity index is 1110. The van der Waals surface area contributed by atoms with Gasteiger partial charge in [-0.25, -0.2) is 0 Å². The Hall–Kier alpha value is -1.96. The average Bonchev–Trinajstić information content (AvgIpc) is 3.41. The Kier molecular flexibility index (Phi) is 5.43. The third-order valence-corrected chi connectivity index (χ3v) is 9.47. The summed E-state index contributed by atoms with van der Waals surface area (Å²) in [6.07, 6.45) is 5.20. The first-order valence-electron chi connectivity index (χ1n) is 13.5. The number of fused-ring (bicyclic) bond motifs is 5. The number of hydrogen-bond acceptors (Lipinski definition) is 2. The summed E-state index contributed by atoms with van der Waals surface area (Å²) in [5.41, 5.74) is 6.57. The predicted molar refractivity (Wildman–Crippen MR) is 141 cm³/mol. The average molecular weight is 461 g/mol. The van der Waals surface area contributed by atoms with Gasteiger partial charge in [-0.3, -0.25) is 0 Å². The largest absolute Gasteiger partial charge is 0.507 e. The number of benzene rings is 2. The normalized spacial score (nSPS) is 30.7. The van der Waals surface area contributed by atoms with Crippen LogP contribution in [-0.4, -0.2) is 10.2 Å². The Morgan fingerprint density at radius 1 is 0.676 bits per heavy atom. The molecule has 0 aliphatic heterocycles. The van der Waals surface area contributed by atoms with Gasteiger partial charge in [0.2, 0.25) is 0 Å². The summed E-state index contributed by atoms with van der Waals surface area (Å²) in [6.45, 7) is 17.5. The zero-order valence-corrected chi connectivity index (χ0v) is 22.5. The molecule has 0 amide bonds. The summed E-state index contributed by atoms with van der Waals surface area (Å²) < 4.78 is 0. The van der Waals surface area contributed by atoms with Crippen molar-refractivity contribution in [3.63, 3.8) is 0 Å². The standard InChI is InChI=1S/C32H44O2/c1-17-11-23(29(33)25(13-17)31(3,4)5)22-16-21-19-9-10-20(15-19)27(21)28(22)24-12-18(2)14-26(30(24)34)32(6,7)8/h11-14,19-22,27-28,33-34H,9-10,15-16H2,1-8H3/t19-,20+,21-,22+,27-,28-/m1/s1. The first-order chi connectivity index (χ1) is 15.8. The molecule has 0 unspecified atom stereocenters. The van der Waals surface area contributed by atoms with E-state index in [1.165, 1.54) is 30.4 Å². The van der Waals surface area contributed by atoms with E-state index >= 15 is 0 Å². The van der Waals surface area contributed by atoms with Crippen molar-refractivity contribution in [1.82, 2.24) is 0 Å². The SMILES string of the molecule is Cc1cc([C@@H]2[C@@H]3[C@H]4CC[C@H](C4)[C@H]3C[C@H]2c2cc(C)cc(C(C)(C)C)c2O)c(O)c(C(C)(C)C)c1. The molecule has 0 heterocycles. The Morgan fingerprint density at radius 2 is 1.18 bits per heavy atom. The topological polar surface area (TPSA) is 40.5 Å². The lowest BCUT2D eigenvalue weighted by molar-refractivity contribution is 0.240. The molecule has 2 bridgehead atoms. The van der Waals surface area contributed by atoms with Gasteiger partial charge in [0.25, 0.3) is 0 Å². The van der Waals surface area contributed by atoms with E-state index in [2.05, 4.69) is 79.7 Å². The lowest BCUT2D eigenvalue weighted by Gasteiger charge is -2.34.